The van der Waals surface area contributed by atoms with Crippen LogP contribution in [0, 0.1) is 12.8 Å². The van der Waals surface area contributed by atoms with Gasteiger partial charge in [0.05, 0.1) is 0 Å². The molecular formula is C13H18. The molecule has 0 amide bonds. The molecule has 70 valence electrons. The summed E-state index contributed by atoms with van der Waals surface area (Å²) in [6, 6.07) is 6.94. The van der Waals surface area contributed by atoms with Crippen LogP contribution in [0.3, 0.4) is 0 Å². The number of hydrogen-bond donors (Lipinski definition) is 0. The molecule has 0 radical (unpaired) electrons. The normalized spacial score (nSPS) is 22.2. The van der Waals surface area contributed by atoms with Crippen LogP contribution >= 0.6 is 0 Å². The van der Waals surface area contributed by atoms with E-state index >= 15 is 0 Å². The summed E-state index contributed by atoms with van der Waals surface area (Å²) in [7, 11) is 0. The van der Waals surface area contributed by atoms with Crippen LogP contribution in [0.25, 0.3) is 0 Å². The fourth-order valence-corrected chi connectivity index (χ4v) is 2.31. The Bertz CT molecular complexity index is 299. The molecule has 13 heavy (non-hydrogen) atoms. The maximum absolute atomic E-state index is 2.37. The van der Waals surface area contributed by atoms with E-state index in [2.05, 4.69) is 32.0 Å². The third-order valence-electron chi connectivity index (χ3n) is 3.07. The Morgan fingerprint density at radius 3 is 2.92 bits per heavy atom. The average Bonchev–Trinajstić information content (AvgIpc) is 2.25. The van der Waals surface area contributed by atoms with E-state index in [4.69, 9.17) is 0 Å². The van der Waals surface area contributed by atoms with Crippen molar-refractivity contribution in [2.45, 2.75) is 39.5 Å². The van der Waals surface area contributed by atoms with Crippen molar-refractivity contribution < 1.29 is 0 Å². The molecule has 0 nitrogen and oxygen atoms in total. The minimum absolute atomic E-state index is 0.878. The molecule has 1 atom stereocenters. The molecule has 1 aliphatic rings. The van der Waals surface area contributed by atoms with Crippen LogP contribution < -0.4 is 0 Å². The molecule has 0 saturated heterocycles. The van der Waals surface area contributed by atoms with Crippen molar-refractivity contribution in [1.29, 1.82) is 0 Å². The highest BCUT2D eigenvalue weighted by atomic mass is 14.2. The first-order valence-electron chi connectivity index (χ1n) is 5.34. The van der Waals surface area contributed by atoms with Gasteiger partial charge in [-0.05, 0) is 43.2 Å². The SMILES string of the molecule is Cc1ccc2c(c1)CC(C)CCC2. The number of rotatable bonds is 0. The van der Waals surface area contributed by atoms with Crippen LogP contribution in [-0.2, 0) is 12.8 Å². The lowest BCUT2D eigenvalue weighted by atomic mass is 9.97. The van der Waals surface area contributed by atoms with Gasteiger partial charge in [-0.1, -0.05) is 37.1 Å². The molecule has 1 aromatic carbocycles. The van der Waals surface area contributed by atoms with Crippen LogP contribution in [0.15, 0.2) is 18.2 Å². The second kappa shape index (κ2) is 3.53. The third-order valence-corrected chi connectivity index (χ3v) is 3.07. The lowest BCUT2D eigenvalue weighted by Gasteiger charge is -2.08. The first-order chi connectivity index (χ1) is 6.25. The van der Waals surface area contributed by atoms with Crippen molar-refractivity contribution in [2.24, 2.45) is 5.92 Å². The van der Waals surface area contributed by atoms with Gasteiger partial charge >= 0.3 is 0 Å². The smallest absolute Gasteiger partial charge is 0.0250 e. The molecule has 1 aliphatic carbocycles. The standard InChI is InChI=1S/C13H18/c1-10-4-3-5-12-7-6-11(2)9-13(12)8-10/h6-7,9-10H,3-5,8H2,1-2H3. The average molecular weight is 174 g/mol. The summed E-state index contributed by atoms with van der Waals surface area (Å²) < 4.78 is 0. The Kier molecular flexibility index (Phi) is 2.39. The van der Waals surface area contributed by atoms with E-state index in [1.807, 2.05) is 0 Å². The summed E-state index contributed by atoms with van der Waals surface area (Å²) in [6.45, 7) is 4.56. The summed E-state index contributed by atoms with van der Waals surface area (Å²) in [5.74, 6) is 0.878. The Balaban J connectivity index is 2.35. The predicted octanol–water partition coefficient (Wildman–Crippen LogP) is 3.51. The van der Waals surface area contributed by atoms with Crippen LogP contribution in [0.4, 0.5) is 0 Å². The highest BCUT2D eigenvalue weighted by Crippen LogP contribution is 2.24. The lowest BCUT2D eigenvalue weighted by molar-refractivity contribution is 0.526. The summed E-state index contributed by atoms with van der Waals surface area (Å²) in [5, 5.41) is 0. The highest BCUT2D eigenvalue weighted by molar-refractivity contribution is 5.32. The zero-order valence-corrected chi connectivity index (χ0v) is 8.64. The minimum atomic E-state index is 0.878. The van der Waals surface area contributed by atoms with E-state index < -0.39 is 0 Å². The van der Waals surface area contributed by atoms with Crippen molar-refractivity contribution in [3.63, 3.8) is 0 Å². The summed E-state index contributed by atoms with van der Waals surface area (Å²) in [4.78, 5) is 0. The fourth-order valence-electron chi connectivity index (χ4n) is 2.31. The van der Waals surface area contributed by atoms with Crippen molar-refractivity contribution in [2.75, 3.05) is 0 Å². The number of fused-ring (bicyclic) bond motifs is 1. The van der Waals surface area contributed by atoms with Gasteiger partial charge < -0.3 is 0 Å². The summed E-state index contributed by atoms with van der Waals surface area (Å²) in [6.07, 6.45) is 5.35. The molecule has 0 aliphatic heterocycles. The van der Waals surface area contributed by atoms with Gasteiger partial charge in [0.1, 0.15) is 0 Å². The Hall–Kier alpha value is -0.780. The van der Waals surface area contributed by atoms with Gasteiger partial charge in [-0.15, -0.1) is 0 Å². The second-order valence-electron chi connectivity index (χ2n) is 4.47. The van der Waals surface area contributed by atoms with E-state index in [1.165, 1.54) is 31.2 Å². The molecule has 0 N–H and O–H groups in total. The van der Waals surface area contributed by atoms with E-state index in [0.717, 1.165) is 5.92 Å². The largest absolute Gasteiger partial charge is 0.0622 e. The van der Waals surface area contributed by atoms with E-state index in [0.29, 0.717) is 0 Å². The number of benzene rings is 1. The molecule has 0 heterocycles. The fraction of sp³-hybridized carbons (Fsp3) is 0.538. The van der Waals surface area contributed by atoms with Gasteiger partial charge in [0.2, 0.25) is 0 Å². The first-order valence-corrected chi connectivity index (χ1v) is 5.34. The molecule has 0 bridgehead atoms. The molecule has 2 rings (SSSR count). The number of aryl methyl sites for hydroxylation is 2. The molecule has 0 spiro atoms. The first kappa shape index (κ1) is 8.80. The monoisotopic (exact) mass is 174 g/mol. The molecular weight excluding hydrogens is 156 g/mol. The molecule has 1 aromatic rings. The quantitative estimate of drug-likeness (QED) is 0.528. The number of hydrogen-bond acceptors (Lipinski definition) is 0. The molecule has 1 unspecified atom stereocenters. The van der Waals surface area contributed by atoms with Gasteiger partial charge in [0.15, 0.2) is 0 Å². The van der Waals surface area contributed by atoms with Crippen molar-refractivity contribution in [3.05, 3.63) is 34.9 Å². The Morgan fingerprint density at radius 2 is 2.08 bits per heavy atom. The van der Waals surface area contributed by atoms with Crippen molar-refractivity contribution in [1.82, 2.24) is 0 Å². The maximum Gasteiger partial charge on any atom is -0.0250 e. The van der Waals surface area contributed by atoms with Gasteiger partial charge in [-0.25, -0.2) is 0 Å². The van der Waals surface area contributed by atoms with Gasteiger partial charge in [0.25, 0.3) is 0 Å². The summed E-state index contributed by atoms with van der Waals surface area (Å²) in [5.41, 5.74) is 4.60. The molecule has 0 heteroatoms. The van der Waals surface area contributed by atoms with Crippen LogP contribution in [0.2, 0.25) is 0 Å². The second-order valence-corrected chi connectivity index (χ2v) is 4.47. The minimum Gasteiger partial charge on any atom is -0.0622 e. The Labute approximate surface area is 81.0 Å². The van der Waals surface area contributed by atoms with Crippen LogP contribution in [-0.4, -0.2) is 0 Å². The van der Waals surface area contributed by atoms with Gasteiger partial charge in [-0.3, -0.25) is 0 Å². The predicted molar refractivity (Wildman–Crippen MR) is 57.0 cm³/mol. The van der Waals surface area contributed by atoms with E-state index in [1.54, 1.807) is 11.1 Å². The van der Waals surface area contributed by atoms with Crippen LogP contribution in [0.1, 0.15) is 36.5 Å². The van der Waals surface area contributed by atoms with E-state index in [9.17, 15) is 0 Å². The topological polar surface area (TPSA) is 0 Å². The Morgan fingerprint density at radius 1 is 1.23 bits per heavy atom. The molecule has 0 saturated carbocycles. The van der Waals surface area contributed by atoms with Gasteiger partial charge in [-0.2, -0.15) is 0 Å². The van der Waals surface area contributed by atoms with Crippen LogP contribution in [0.5, 0.6) is 0 Å². The van der Waals surface area contributed by atoms with Gasteiger partial charge in [0, 0.05) is 0 Å². The lowest BCUT2D eigenvalue weighted by Crippen LogP contribution is -1.97. The third kappa shape index (κ3) is 1.93. The summed E-state index contributed by atoms with van der Waals surface area (Å²) >= 11 is 0. The maximum atomic E-state index is 2.37. The zero-order valence-electron chi connectivity index (χ0n) is 8.64. The van der Waals surface area contributed by atoms with Crippen molar-refractivity contribution in [3.8, 4) is 0 Å². The highest BCUT2D eigenvalue weighted by Gasteiger charge is 2.12. The molecule has 0 aromatic heterocycles. The molecule has 0 fully saturated rings. The van der Waals surface area contributed by atoms with Crippen molar-refractivity contribution >= 4 is 0 Å². The van der Waals surface area contributed by atoms with E-state index in [-0.39, 0.29) is 0 Å². The zero-order chi connectivity index (χ0) is 9.26.